The van der Waals surface area contributed by atoms with Crippen molar-refractivity contribution in [3.63, 3.8) is 0 Å². The molecule has 2 fully saturated rings. The topological polar surface area (TPSA) is 18.5 Å². The van der Waals surface area contributed by atoms with Crippen LogP contribution in [0.15, 0.2) is 35.8 Å². The van der Waals surface area contributed by atoms with E-state index in [0.29, 0.717) is 16.7 Å². The first-order valence-electron chi connectivity index (χ1n) is 10.7. The highest BCUT2D eigenvalue weighted by Crippen LogP contribution is 2.66. The summed E-state index contributed by atoms with van der Waals surface area (Å²) < 4.78 is 11.4. The largest absolute Gasteiger partial charge is 0.501 e. The number of hydrogen-bond acceptors (Lipinski definition) is 2. The second-order valence-electron chi connectivity index (χ2n) is 9.58. The van der Waals surface area contributed by atoms with Gasteiger partial charge in [0.05, 0.1) is 25.2 Å². The standard InChI is InChI=1S/C24H36O2/c1-6-26-16(2)20-9-10-21-19-8-7-17-15-18(25-5)11-13-23(17,3)22(19)12-14-24(20,21)4/h7,15,19-22H,2,6,8-14H2,1,3-5H3/t19-,20-,21-,22-,23-,24+/m0/s1. The van der Waals surface area contributed by atoms with Gasteiger partial charge in [-0.1, -0.05) is 26.5 Å². The van der Waals surface area contributed by atoms with Gasteiger partial charge in [-0.2, -0.15) is 0 Å². The molecule has 0 aromatic heterocycles. The van der Waals surface area contributed by atoms with E-state index >= 15 is 0 Å². The predicted octanol–water partition coefficient (Wildman–Crippen LogP) is 6.26. The molecule has 0 amide bonds. The minimum absolute atomic E-state index is 0.349. The molecule has 6 atom stereocenters. The van der Waals surface area contributed by atoms with E-state index in [2.05, 4.69) is 39.5 Å². The SMILES string of the molecule is C=C(OCC)[C@@H]1CC[C@H]2[C@@H]3CC=C4C=C(OC)CC[C@]4(C)[C@H]3CC[C@]12C. The zero-order valence-electron chi connectivity index (χ0n) is 17.1. The van der Waals surface area contributed by atoms with Gasteiger partial charge < -0.3 is 9.47 Å². The number of hydrogen-bond donors (Lipinski definition) is 0. The summed E-state index contributed by atoms with van der Waals surface area (Å²) in [6.07, 6.45) is 13.8. The molecule has 144 valence electrons. The van der Waals surface area contributed by atoms with Crippen molar-refractivity contribution in [2.45, 2.75) is 65.7 Å². The van der Waals surface area contributed by atoms with Gasteiger partial charge in [-0.15, -0.1) is 0 Å². The Hall–Kier alpha value is -1.18. The normalized spacial score (nSPS) is 44.2. The van der Waals surface area contributed by atoms with Crippen molar-refractivity contribution in [1.82, 2.24) is 0 Å². The van der Waals surface area contributed by atoms with E-state index < -0.39 is 0 Å². The molecule has 0 heterocycles. The monoisotopic (exact) mass is 356 g/mol. The molecule has 0 aliphatic heterocycles. The minimum atomic E-state index is 0.349. The second kappa shape index (κ2) is 6.46. The molecule has 4 aliphatic carbocycles. The van der Waals surface area contributed by atoms with Crippen LogP contribution < -0.4 is 0 Å². The van der Waals surface area contributed by atoms with Gasteiger partial charge >= 0.3 is 0 Å². The van der Waals surface area contributed by atoms with Crippen molar-refractivity contribution in [3.05, 3.63) is 35.8 Å². The lowest BCUT2D eigenvalue weighted by atomic mass is 9.48. The van der Waals surface area contributed by atoms with Crippen LogP contribution in [0.25, 0.3) is 0 Å². The average Bonchev–Trinajstić information content (AvgIpc) is 2.98. The molecular weight excluding hydrogens is 320 g/mol. The summed E-state index contributed by atoms with van der Waals surface area (Å²) in [5, 5.41) is 0. The molecule has 0 radical (unpaired) electrons. The Morgan fingerprint density at radius 1 is 1.19 bits per heavy atom. The molecule has 4 rings (SSSR count). The molecule has 4 aliphatic rings. The zero-order chi connectivity index (χ0) is 18.5. The van der Waals surface area contributed by atoms with E-state index in [-0.39, 0.29) is 0 Å². The van der Waals surface area contributed by atoms with Crippen LogP contribution in [-0.2, 0) is 9.47 Å². The van der Waals surface area contributed by atoms with Crippen molar-refractivity contribution < 1.29 is 9.47 Å². The molecule has 0 spiro atoms. The number of allylic oxidation sites excluding steroid dienone is 5. The molecule has 0 aromatic carbocycles. The smallest absolute Gasteiger partial charge is 0.0958 e. The highest BCUT2D eigenvalue weighted by Gasteiger charge is 2.58. The van der Waals surface area contributed by atoms with Crippen LogP contribution in [0.5, 0.6) is 0 Å². The Bertz CT molecular complexity index is 645. The Kier molecular flexibility index (Phi) is 4.52. The molecule has 2 heteroatoms. The van der Waals surface area contributed by atoms with Crippen molar-refractivity contribution in [3.8, 4) is 0 Å². The summed E-state index contributed by atoms with van der Waals surface area (Å²) in [7, 11) is 1.82. The van der Waals surface area contributed by atoms with Crippen molar-refractivity contribution in [2.24, 2.45) is 34.5 Å². The summed E-state index contributed by atoms with van der Waals surface area (Å²) >= 11 is 0. The Morgan fingerprint density at radius 2 is 2.00 bits per heavy atom. The molecule has 0 unspecified atom stereocenters. The van der Waals surface area contributed by atoms with Crippen LogP contribution in [0.4, 0.5) is 0 Å². The van der Waals surface area contributed by atoms with Crippen LogP contribution in [0.2, 0.25) is 0 Å². The number of ether oxygens (including phenoxy) is 2. The van der Waals surface area contributed by atoms with Crippen molar-refractivity contribution in [1.29, 1.82) is 0 Å². The van der Waals surface area contributed by atoms with Crippen molar-refractivity contribution in [2.75, 3.05) is 13.7 Å². The first-order valence-corrected chi connectivity index (χ1v) is 10.7. The van der Waals surface area contributed by atoms with E-state index in [9.17, 15) is 0 Å². The van der Waals surface area contributed by atoms with Gasteiger partial charge in [0.15, 0.2) is 0 Å². The summed E-state index contributed by atoms with van der Waals surface area (Å²) in [4.78, 5) is 0. The summed E-state index contributed by atoms with van der Waals surface area (Å²) in [5.74, 6) is 5.26. The fourth-order valence-electron chi connectivity index (χ4n) is 7.28. The summed E-state index contributed by atoms with van der Waals surface area (Å²) in [5.41, 5.74) is 2.29. The average molecular weight is 357 g/mol. The van der Waals surface area contributed by atoms with E-state index in [1.54, 1.807) is 5.57 Å². The lowest BCUT2D eigenvalue weighted by Crippen LogP contribution is -2.49. The van der Waals surface area contributed by atoms with Crippen molar-refractivity contribution >= 4 is 0 Å². The molecular formula is C24H36O2. The van der Waals surface area contributed by atoms with Gasteiger partial charge in [0.2, 0.25) is 0 Å². The molecule has 2 saturated carbocycles. The van der Waals surface area contributed by atoms with Crippen LogP contribution in [0, 0.1) is 34.5 Å². The molecule has 0 saturated heterocycles. The van der Waals surface area contributed by atoms with Crippen LogP contribution in [-0.4, -0.2) is 13.7 Å². The molecule has 0 aromatic rings. The van der Waals surface area contributed by atoms with E-state index in [4.69, 9.17) is 9.47 Å². The first-order chi connectivity index (χ1) is 12.4. The summed E-state index contributed by atoms with van der Waals surface area (Å²) in [6.45, 7) is 12.2. The van der Waals surface area contributed by atoms with E-state index in [0.717, 1.165) is 36.5 Å². The number of methoxy groups -OCH3 is 1. The summed E-state index contributed by atoms with van der Waals surface area (Å²) in [6, 6.07) is 0. The Balaban J connectivity index is 1.62. The Labute approximate surface area is 159 Å². The number of rotatable bonds is 4. The quantitative estimate of drug-likeness (QED) is 0.554. The maximum atomic E-state index is 5.88. The maximum Gasteiger partial charge on any atom is 0.0958 e. The minimum Gasteiger partial charge on any atom is -0.501 e. The molecule has 26 heavy (non-hydrogen) atoms. The lowest BCUT2D eigenvalue weighted by Gasteiger charge is -2.57. The van der Waals surface area contributed by atoms with Crippen LogP contribution in [0.3, 0.4) is 0 Å². The van der Waals surface area contributed by atoms with Gasteiger partial charge in [0.25, 0.3) is 0 Å². The maximum absolute atomic E-state index is 5.88. The van der Waals surface area contributed by atoms with E-state index in [1.165, 1.54) is 44.3 Å². The molecule has 0 N–H and O–H groups in total. The lowest BCUT2D eigenvalue weighted by molar-refractivity contribution is -0.0392. The van der Waals surface area contributed by atoms with Gasteiger partial charge in [-0.3, -0.25) is 0 Å². The fourth-order valence-corrected chi connectivity index (χ4v) is 7.28. The fraction of sp³-hybridized carbons (Fsp3) is 0.750. The second-order valence-corrected chi connectivity index (χ2v) is 9.58. The van der Waals surface area contributed by atoms with Gasteiger partial charge in [-0.25, -0.2) is 0 Å². The number of fused-ring (bicyclic) bond motifs is 5. The van der Waals surface area contributed by atoms with E-state index in [1.807, 2.05) is 7.11 Å². The zero-order valence-corrected chi connectivity index (χ0v) is 17.1. The highest BCUT2D eigenvalue weighted by atomic mass is 16.5. The molecule has 0 bridgehead atoms. The highest BCUT2D eigenvalue weighted by molar-refractivity contribution is 5.36. The van der Waals surface area contributed by atoms with Gasteiger partial charge in [0, 0.05) is 12.3 Å². The van der Waals surface area contributed by atoms with Gasteiger partial charge in [0.1, 0.15) is 0 Å². The molecule has 2 nitrogen and oxygen atoms in total. The Morgan fingerprint density at radius 3 is 2.73 bits per heavy atom. The third-order valence-electron chi connectivity index (χ3n) is 8.71. The van der Waals surface area contributed by atoms with Crippen LogP contribution >= 0.6 is 0 Å². The third-order valence-corrected chi connectivity index (χ3v) is 8.71. The third kappa shape index (κ3) is 2.51. The predicted molar refractivity (Wildman–Crippen MR) is 106 cm³/mol. The van der Waals surface area contributed by atoms with Gasteiger partial charge in [-0.05, 0) is 85.7 Å². The van der Waals surface area contributed by atoms with Crippen LogP contribution in [0.1, 0.15) is 65.7 Å². The first kappa shape index (κ1) is 18.2.